The normalized spacial score (nSPS) is 44.0. The van der Waals surface area contributed by atoms with Crippen LogP contribution in [-0.2, 0) is 18.9 Å². The first kappa shape index (κ1) is 11.6. The third kappa shape index (κ3) is 1.75. The molecule has 4 nitrogen and oxygen atoms in total. The number of fused-ring (bicyclic) bond motifs is 3. The molecule has 100 valence electrons. The Morgan fingerprint density at radius 3 is 2.84 bits per heavy atom. The third-order valence-corrected chi connectivity index (χ3v) is 4.07. The summed E-state index contributed by atoms with van der Waals surface area (Å²) in [5, 5.41) is 0. The van der Waals surface area contributed by atoms with Crippen molar-refractivity contribution in [2.24, 2.45) is 0 Å². The van der Waals surface area contributed by atoms with Crippen LogP contribution < -0.4 is 0 Å². The molecule has 0 saturated carbocycles. The summed E-state index contributed by atoms with van der Waals surface area (Å²) in [7, 11) is 0. The predicted molar refractivity (Wildman–Crippen MR) is 67.5 cm³/mol. The summed E-state index contributed by atoms with van der Waals surface area (Å²) < 4.78 is 23.4. The van der Waals surface area contributed by atoms with Crippen molar-refractivity contribution in [2.45, 2.75) is 30.2 Å². The highest BCUT2D eigenvalue weighted by Crippen LogP contribution is 2.46. The maximum Gasteiger partial charge on any atom is 0.184 e. The van der Waals surface area contributed by atoms with Crippen LogP contribution in [0.5, 0.6) is 0 Å². The predicted octanol–water partition coefficient (Wildman–Crippen LogP) is 1.82. The number of hydrogen-bond donors (Lipinski definition) is 0. The van der Waals surface area contributed by atoms with Crippen LogP contribution in [0.4, 0.5) is 0 Å². The van der Waals surface area contributed by atoms with E-state index in [1.165, 1.54) is 0 Å². The van der Waals surface area contributed by atoms with Gasteiger partial charge in [-0.3, -0.25) is 0 Å². The Kier molecular flexibility index (Phi) is 2.53. The van der Waals surface area contributed by atoms with Gasteiger partial charge in [0.1, 0.15) is 23.9 Å². The Morgan fingerprint density at radius 1 is 1.21 bits per heavy atom. The Balaban J connectivity index is 1.60. The van der Waals surface area contributed by atoms with Crippen LogP contribution in [-0.4, -0.2) is 37.1 Å². The van der Waals surface area contributed by atoms with Gasteiger partial charge in [-0.15, -0.1) is 6.58 Å². The minimum atomic E-state index is -0.567. The van der Waals surface area contributed by atoms with E-state index in [-0.39, 0.29) is 24.6 Å². The van der Waals surface area contributed by atoms with Crippen LogP contribution in [0.1, 0.15) is 11.9 Å². The van der Waals surface area contributed by atoms with Crippen molar-refractivity contribution in [2.75, 3.05) is 13.2 Å². The summed E-state index contributed by atoms with van der Waals surface area (Å²) in [6.07, 6.45) is 1.58. The van der Waals surface area contributed by atoms with Crippen LogP contribution in [0.3, 0.4) is 0 Å². The van der Waals surface area contributed by atoms with Gasteiger partial charge in [-0.1, -0.05) is 36.4 Å². The summed E-state index contributed by atoms with van der Waals surface area (Å²) in [4.78, 5) is 0. The van der Waals surface area contributed by atoms with E-state index < -0.39 is 5.60 Å². The summed E-state index contributed by atoms with van der Waals surface area (Å²) in [6, 6.07) is 9.93. The molecule has 4 heteroatoms. The van der Waals surface area contributed by atoms with E-state index in [1.54, 1.807) is 6.08 Å². The lowest BCUT2D eigenvalue weighted by atomic mass is 9.90. The van der Waals surface area contributed by atoms with Gasteiger partial charge in [0.2, 0.25) is 0 Å². The highest BCUT2D eigenvalue weighted by molar-refractivity contribution is 5.20. The maximum absolute atomic E-state index is 6.08. The molecule has 0 amide bonds. The molecule has 0 aromatic heterocycles. The zero-order valence-electron chi connectivity index (χ0n) is 10.5. The molecule has 3 heterocycles. The Hall–Kier alpha value is -1.20. The van der Waals surface area contributed by atoms with Crippen molar-refractivity contribution in [1.82, 2.24) is 0 Å². The van der Waals surface area contributed by atoms with Gasteiger partial charge in [-0.25, -0.2) is 0 Å². The molecule has 3 saturated heterocycles. The second kappa shape index (κ2) is 4.15. The van der Waals surface area contributed by atoms with E-state index in [2.05, 4.69) is 6.58 Å². The molecule has 19 heavy (non-hydrogen) atoms. The van der Waals surface area contributed by atoms with E-state index in [0.29, 0.717) is 13.2 Å². The second-order valence-corrected chi connectivity index (χ2v) is 5.22. The number of epoxide rings is 1. The van der Waals surface area contributed by atoms with Gasteiger partial charge < -0.3 is 18.9 Å². The monoisotopic (exact) mass is 260 g/mol. The topological polar surface area (TPSA) is 40.2 Å². The standard InChI is InChI=1S/C15H16O4/c1-2-15-9-16-14(10-6-4-3-5-7-10)19-13(15)12-11(18-12)8-17-15/h2-7,11-14H,1,8-9H2/t11-,12-,13-,14+,15+/m0/s1. The first-order valence-corrected chi connectivity index (χ1v) is 6.57. The maximum atomic E-state index is 6.08. The van der Waals surface area contributed by atoms with E-state index >= 15 is 0 Å². The zero-order chi connectivity index (χ0) is 12.9. The Bertz CT molecular complexity index is 488. The molecule has 3 fully saturated rings. The van der Waals surface area contributed by atoms with Crippen LogP contribution in [0.15, 0.2) is 43.0 Å². The molecule has 1 aromatic rings. The molecule has 4 rings (SSSR count). The van der Waals surface area contributed by atoms with Crippen molar-refractivity contribution >= 4 is 0 Å². The number of benzene rings is 1. The largest absolute Gasteiger partial charge is 0.364 e. The first-order valence-electron chi connectivity index (χ1n) is 6.57. The van der Waals surface area contributed by atoms with E-state index in [0.717, 1.165) is 5.56 Å². The molecule has 0 radical (unpaired) electrons. The van der Waals surface area contributed by atoms with Crippen LogP contribution in [0.2, 0.25) is 0 Å². The van der Waals surface area contributed by atoms with Gasteiger partial charge in [-0.2, -0.15) is 0 Å². The van der Waals surface area contributed by atoms with Gasteiger partial charge >= 0.3 is 0 Å². The summed E-state index contributed by atoms with van der Waals surface area (Å²) >= 11 is 0. The Morgan fingerprint density at radius 2 is 2.05 bits per heavy atom. The van der Waals surface area contributed by atoms with Crippen molar-refractivity contribution < 1.29 is 18.9 Å². The van der Waals surface area contributed by atoms with Crippen molar-refractivity contribution in [3.05, 3.63) is 48.6 Å². The fourth-order valence-electron chi connectivity index (χ4n) is 2.87. The molecule has 5 atom stereocenters. The number of rotatable bonds is 2. The second-order valence-electron chi connectivity index (χ2n) is 5.22. The van der Waals surface area contributed by atoms with Crippen molar-refractivity contribution in [3.8, 4) is 0 Å². The molecule has 0 N–H and O–H groups in total. The van der Waals surface area contributed by atoms with Crippen molar-refractivity contribution in [1.29, 1.82) is 0 Å². The van der Waals surface area contributed by atoms with Crippen LogP contribution in [0.25, 0.3) is 0 Å². The molecule has 1 aromatic carbocycles. The lowest BCUT2D eigenvalue weighted by molar-refractivity contribution is -0.298. The van der Waals surface area contributed by atoms with Gasteiger partial charge in [-0.05, 0) is 0 Å². The molecular formula is C15H16O4. The molecule has 0 spiro atoms. The number of ether oxygens (including phenoxy) is 4. The van der Waals surface area contributed by atoms with E-state index in [4.69, 9.17) is 18.9 Å². The van der Waals surface area contributed by atoms with Crippen LogP contribution in [0, 0.1) is 0 Å². The fourth-order valence-corrected chi connectivity index (χ4v) is 2.87. The van der Waals surface area contributed by atoms with E-state index in [9.17, 15) is 0 Å². The highest BCUT2D eigenvalue weighted by atomic mass is 16.7. The summed E-state index contributed by atoms with van der Waals surface area (Å²) in [5.41, 5.74) is 0.450. The Labute approximate surface area is 111 Å². The molecule has 0 bridgehead atoms. The molecule has 0 aliphatic carbocycles. The third-order valence-electron chi connectivity index (χ3n) is 4.07. The fraction of sp³-hybridized carbons (Fsp3) is 0.467. The zero-order valence-corrected chi connectivity index (χ0v) is 10.5. The van der Waals surface area contributed by atoms with Gasteiger partial charge in [0, 0.05) is 5.56 Å². The highest BCUT2D eigenvalue weighted by Gasteiger charge is 2.61. The molecule has 3 aliphatic heterocycles. The summed E-state index contributed by atoms with van der Waals surface area (Å²) in [6.45, 7) is 4.91. The molecule has 3 aliphatic rings. The van der Waals surface area contributed by atoms with Crippen LogP contribution >= 0.6 is 0 Å². The average molecular weight is 260 g/mol. The smallest absolute Gasteiger partial charge is 0.184 e. The lowest BCUT2D eigenvalue weighted by Gasteiger charge is -2.45. The summed E-state index contributed by atoms with van der Waals surface area (Å²) in [5.74, 6) is 0. The molecular weight excluding hydrogens is 244 g/mol. The number of hydrogen-bond acceptors (Lipinski definition) is 4. The van der Waals surface area contributed by atoms with Gasteiger partial charge in [0.15, 0.2) is 6.29 Å². The SMILES string of the molecule is C=C[C@@]12CO[C@@H](c3ccccc3)O[C@H]1[C@H]1O[C@H]1CO2. The molecule has 0 unspecified atom stereocenters. The van der Waals surface area contributed by atoms with E-state index in [1.807, 2.05) is 30.3 Å². The minimum absolute atomic E-state index is 0.113. The first-order chi connectivity index (χ1) is 9.32. The van der Waals surface area contributed by atoms with Gasteiger partial charge in [0.25, 0.3) is 0 Å². The van der Waals surface area contributed by atoms with Crippen molar-refractivity contribution in [3.63, 3.8) is 0 Å². The van der Waals surface area contributed by atoms with Gasteiger partial charge in [0.05, 0.1) is 13.2 Å². The average Bonchev–Trinajstić information content (AvgIpc) is 3.27. The lowest BCUT2D eigenvalue weighted by Crippen LogP contribution is -2.58. The quantitative estimate of drug-likeness (QED) is 0.601. The minimum Gasteiger partial charge on any atom is -0.364 e.